The second-order valence-corrected chi connectivity index (χ2v) is 9.66. The number of nitrogens with zero attached hydrogens (tertiary/aromatic N) is 1. The maximum atomic E-state index is 12.2. The van der Waals surface area contributed by atoms with E-state index in [0.717, 1.165) is 36.8 Å². The van der Waals surface area contributed by atoms with Crippen LogP contribution in [0.5, 0.6) is 5.75 Å². The van der Waals surface area contributed by atoms with Crippen molar-refractivity contribution >= 4 is 15.9 Å². The van der Waals surface area contributed by atoms with Crippen LogP contribution in [-0.4, -0.2) is 31.1 Å². The van der Waals surface area contributed by atoms with Crippen LogP contribution in [0.3, 0.4) is 0 Å². The van der Waals surface area contributed by atoms with E-state index in [2.05, 4.69) is 21.9 Å². The zero-order valence-electron chi connectivity index (χ0n) is 17.2. The monoisotopic (exact) mass is 431 g/mol. The van der Waals surface area contributed by atoms with Gasteiger partial charge in [0.1, 0.15) is 18.1 Å². The summed E-state index contributed by atoms with van der Waals surface area (Å²) in [6.45, 7) is 2.87. The normalized spacial score (nSPS) is 19.2. The molecular weight excluding hydrogens is 402 g/mol. The summed E-state index contributed by atoms with van der Waals surface area (Å²) in [6, 6.07) is 11.1. The molecule has 0 atom stereocenters. The van der Waals surface area contributed by atoms with E-state index in [1.807, 2.05) is 36.4 Å². The zero-order chi connectivity index (χ0) is 21.4. The SMILES string of the molecule is CC1CCC(NS(=O)(=O)CC(=O)NCc2ccc(OCc3cccnc3)cc2)CC1. The molecule has 0 spiro atoms. The van der Waals surface area contributed by atoms with Gasteiger partial charge in [-0.25, -0.2) is 13.1 Å². The molecule has 8 heteroatoms. The van der Waals surface area contributed by atoms with Crippen molar-refractivity contribution in [1.29, 1.82) is 0 Å². The quantitative estimate of drug-likeness (QED) is 0.636. The van der Waals surface area contributed by atoms with Crippen molar-refractivity contribution in [2.75, 3.05) is 5.75 Å². The second kappa shape index (κ2) is 10.5. The minimum Gasteiger partial charge on any atom is -0.489 e. The first-order valence-corrected chi connectivity index (χ1v) is 11.9. The number of hydrogen-bond donors (Lipinski definition) is 2. The molecule has 0 radical (unpaired) electrons. The fourth-order valence-corrected chi connectivity index (χ4v) is 4.73. The number of amides is 1. The molecule has 7 nitrogen and oxygen atoms in total. The number of carbonyl (C=O) groups excluding carboxylic acids is 1. The Labute approximate surface area is 178 Å². The highest BCUT2D eigenvalue weighted by atomic mass is 32.2. The molecule has 1 fully saturated rings. The fraction of sp³-hybridized carbons (Fsp3) is 0.455. The van der Waals surface area contributed by atoms with Crippen molar-refractivity contribution in [3.05, 3.63) is 59.9 Å². The molecule has 1 amide bonds. The third-order valence-corrected chi connectivity index (χ3v) is 6.56. The lowest BCUT2D eigenvalue weighted by molar-refractivity contribution is -0.118. The van der Waals surface area contributed by atoms with Gasteiger partial charge in [-0.2, -0.15) is 0 Å². The van der Waals surface area contributed by atoms with Crippen LogP contribution < -0.4 is 14.8 Å². The number of rotatable bonds is 9. The number of aromatic nitrogens is 1. The summed E-state index contributed by atoms with van der Waals surface area (Å²) in [7, 11) is -3.63. The topological polar surface area (TPSA) is 97.4 Å². The second-order valence-electron chi connectivity index (χ2n) is 7.90. The van der Waals surface area contributed by atoms with Gasteiger partial charge in [0.05, 0.1) is 0 Å². The smallest absolute Gasteiger partial charge is 0.236 e. The van der Waals surface area contributed by atoms with Gasteiger partial charge in [0.15, 0.2) is 0 Å². The molecule has 1 aromatic heterocycles. The molecule has 2 N–H and O–H groups in total. The standard InChI is InChI=1S/C22H29N3O4S/c1-17-4-8-20(9-5-17)25-30(27,28)16-22(26)24-14-18-6-10-21(11-7-18)29-15-19-3-2-12-23-13-19/h2-3,6-7,10-13,17,20,25H,4-5,8-9,14-16H2,1H3,(H,24,26). The van der Waals surface area contributed by atoms with Gasteiger partial charge in [-0.05, 0) is 55.4 Å². The first kappa shape index (κ1) is 22.2. The predicted molar refractivity (Wildman–Crippen MR) is 115 cm³/mol. The molecule has 1 heterocycles. The molecular formula is C22H29N3O4S. The summed E-state index contributed by atoms with van der Waals surface area (Å²) < 4.78 is 32.9. The Bertz CT molecular complexity index is 909. The Morgan fingerprint density at radius 2 is 1.83 bits per heavy atom. The Morgan fingerprint density at radius 3 is 2.50 bits per heavy atom. The maximum absolute atomic E-state index is 12.2. The number of nitrogens with one attached hydrogen (secondary N) is 2. The van der Waals surface area contributed by atoms with E-state index in [1.165, 1.54) is 0 Å². The fourth-order valence-electron chi connectivity index (χ4n) is 3.45. The lowest BCUT2D eigenvalue weighted by Gasteiger charge is -2.26. The number of carbonyl (C=O) groups is 1. The number of benzene rings is 1. The summed E-state index contributed by atoms with van der Waals surface area (Å²) in [4.78, 5) is 16.1. The van der Waals surface area contributed by atoms with E-state index in [0.29, 0.717) is 18.3 Å². The van der Waals surface area contributed by atoms with E-state index in [-0.39, 0.29) is 12.6 Å². The van der Waals surface area contributed by atoms with E-state index in [1.54, 1.807) is 12.4 Å². The highest BCUT2D eigenvalue weighted by Gasteiger charge is 2.24. The molecule has 3 rings (SSSR count). The number of ether oxygens (including phenoxy) is 1. The molecule has 0 aliphatic heterocycles. The lowest BCUT2D eigenvalue weighted by atomic mass is 9.88. The molecule has 0 unspecified atom stereocenters. The van der Waals surface area contributed by atoms with E-state index < -0.39 is 21.7 Å². The van der Waals surface area contributed by atoms with Gasteiger partial charge in [-0.1, -0.05) is 25.1 Å². The van der Waals surface area contributed by atoms with Gasteiger partial charge in [-0.3, -0.25) is 9.78 Å². The molecule has 0 bridgehead atoms. The summed E-state index contributed by atoms with van der Waals surface area (Å²) in [5.74, 6) is 0.290. The molecule has 2 aromatic rings. The minimum absolute atomic E-state index is 0.0572. The van der Waals surface area contributed by atoms with Crippen molar-refractivity contribution < 1.29 is 17.9 Å². The first-order chi connectivity index (χ1) is 14.4. The van der Waals surface area contributed by atoms with Gasteiger partial charge in [0.2, 0.25) is 15.9 Å². The van der Waals surface area contributed by atoms with Crippen molar-refractivity contribution in [3.63, 3.8) is 0 Å². The predicted octanol–water partition coefficient (Wildman–Crippen LogP) is 2.77. The number of sulfonamides is 1. The van der Waals surface area contributed by atoms with Crippen LogP contribution in [0.2, 0.25) is 0 Å². The van der Waals surface area contributed by atoms with Crippen LogP contribution >= 0.6 is 0 Å². The largest absolute Gasteiger partial charge is 0.489 e. The summed E-state index contributed by atoms with van der Waals surface area (Å²) in [6.07, 6.45) is 7.16. The van der Waals surface area contributed by atoms with Gasteiger partial charge >= 0.3 is 0 Å². The number of pyridine rings is 1. The Balaban J connectivity index is 1.40. The van der Waals surface area contributed by atoms with Crippen LogP contribution in [0.15, 0.2) is 48.8 Å². The summed E-state index contributed by atoms with van der Waals surface area (Å²) in [5, 5.41) is 2.67. The van der Waals surface area contributed by atoms with E-state index in [4.69, 9.17) is 4.74 Å². The van der Waals surface area contributed by atoms with Gasteiger partial charge in [0.25, 0.3) is 0 Å². The van der Waals surface area contributed by atoms with Gasteiger partial charge in [-0.15, -0.1) is 0 Å². The summed E-state index contributed by atoms with van der Waals surface area (Å²) >= 11 is 0. The first-order valence-electron chi connectivity index (χ1n) is 10.3. The molecule has 0 saturated heterocycles. The average molecular weight is 432 g/mol. The van der Waals surface area contributed by atoms with Gasteiger partial charge in [0, 0.05) is 30.5 Å². The van der Waals surface area contributed by atoms with Crippen LogP contribution in [0.4, 0.5) is 0 Å². The van der Waals surface area contributed by atoms with Crippen LogP contribution in [0.1, 0.15) is 43.7 Å². The zero-order valence-corrected chi connectivity index (χ0v) is 18.0. The maximum Gasteiger partial charge on any atom is 0.236 e. The molecule has 1 saturated carbocycles. The number of hydrogen-bond acceptors (Lipinski definition) is 5. The van der Waals surface area contributed by atoms with Crippen LogP contribution in [0.25, 0.3) is 0 Å². The Kier molecular flexibility index (Phi) is 7.81. The molecule has 1 aromatic carbocycles. The third-order valence-electron chi connectivity index (χ3n) is 5.22. The van der Waals surface area contributed by atoms with Crippen molar-refractivity contribution in [2.24, 2.45) is 5.92 Å². The highest BCUT2D eigenvalue weighted by Crippen LogP contribution is 2.23. The third kappa shape index (κ3) is 7.42. The molecule has 30 heavy (non-hydrogen) atoms. The average Bonchev–Trinajstić information content (AvgIpc) is 2.73. The highest BCUT2D eigenvalue weighted by molar-refractivity contribution is 7.90. The Morgan fingerprint density at radius 1 is 1.10 bits per heavy atom. The van der Waals surface area contributed by atoms with Crippen molar-refractivity contribution in [2.45, 2.75) is 51.8 Å². The summed E-state index contributed by atoms with van der Waals surface area (Å²) in [5.41, 5.74) is 1.84. The molecule has 162 valence electrons. The van der Waals surface area contributed by atoms with Crippen LogP contribution in [-0.2, 0) is 28.0 Å². The Hall–Kier alpha value is -2.45. The van der Waals surface area contributed by atoms with Crippen molar-refractivity contribution in [1.82, 2.24) is 15.0 Å². The minimum atomic E-state index is -3.63. The molecule has 1 aliphatic carbocycles. The van der Waals surface area contributed by atoms with Crippen molar-refractivity contribution in [3.8, 4) is 5.75 Å². The van der Waals surface area contributed by atoms with E-state index >= 15 is 0 Å². The van der Waals surface area contributed by atoms with E-state index in [9.17, 15) is 13.2 Å². The van der Waals surface area contributed by atoms with Crippen LogP contribution in [0, 0.1) is 5.92 Å². The van der Waals surface area contributed by atoms with Gasteiger partial charge < -0.3 is 10.1 Å². The lowest BCUT2D eigenvalue weighted by Crippen LogP contribution is -2.42. The molecule has 1 aliphatic rings.